The molecule has 0 saturated carbocycles. The largest absolute Gasteiger partial charge is 0.0807 e. The highest BCUT2D eigenvalue weighted by atomic mass is 14.3. The Hall–Kier alpha value is -2.34. The molecule has 26 heavy (non-hydrogen) atoms. The minimum atomic E-state index is 0.637. The zero-order valence-corrected chi connectivity index (χ0v) is 15.6. The predicted octanol–water partition coefficient (Wildman–Crippen LogP) is 5.00. The normalized spacial score (nSPS) is 21.3. The van der Waals surface area contributed by atoms with Gasteiger partial charge in [0.15, 0.2) is 0 Å². The van der Waals surface area contributed by atoms with Crippen LogP contribution in [-0.2, 0) is 6.42 Å². The molecule has 0 fully saturated rings. The molecular formula is C26H26. The van der Waals surface area contributed by atoms with Gasteiger partial charge in [0.05, 0.1) is 0 Å². The van der Waals surface area contributed by atoms with Gasteiger partial charge in [-0.3, -0.25) is 0 Å². The maximum atomic E-state index is 2.56. The molecule has 2 aromatic carbocycles. The molecule has 0 bridgehead atoms. The van der Waals surface area contributed by atoms with Crippen LogP contribution >= 0.6 is 0 Å². The van der Waals surface area contributed by atoms with Crippen molar-refractivity contribution in [3.8, 4) is 0 Å². The molecule has 1 atom stereocenters. The van der Waals surface area contributed by atoms with Crippen molar-refractivity contribution in [2.24, 2.45) is 5.92 Å². The van der Waals surface area contributed by atoms with Crippen molar-refractivity contribution < 1.29 is 0 Å². The summed E-state index contributed by atoms with van der Waals surface area (Å²) in [6, 6.07) is 18.2. The smallest absolute Gasteiger partial charge is 0.00810 e. The van der Waals surface area contributed by atoms with E-state index in [4.69, 9.17) is 0 Å². The third-order valence-corrected chi connectivity index (χ3v) is 6.38. The van der Waals surface area contributed by atoms with Crippen LogP contribution in [0.1, 0.15) is 43.2 Å². The molecule has 0 aromatic heterocycles. The molecule has 0 N–H and O–H groups in total. The Morgan fingerprint density at radius 2 is 1.73 bits per heavy atom. The molecule has 1 unspecified atom stereocenters. The lowest BCUT2D eigenvalue weighted by atomic mass is 9.69. The summed E-state index contributed by atoms with van der Waals surface area (Å²) in [6.45, 7) is 2.17. The van der Waals surface area contributed by atoms with Gasteiger partial charge in [-0.05, 0) is 89.7 Å². The number of fused-ring (bicyclic) bond motifs is 3. The van der Waals surface area contributed by atoms with Gasteiger partial charge < -0.3 is 0 Å². The van der Waals surface area contributed by atoms with Gasteiger partial charge in [0.25, 0.3) is 0 Å². The molecule has 0 radical (unpaired) electrons. The number of benzene rings is 2. The van der Waals surface area contributed by atoms with E-state index >= 15 is 0 Å². The van der Waals surface area contributed by atoms with Crippen molar-refractivity contribution in [3.05, 3.63) is 92.9 Å². The number of aryl methyl sites for hydroxylation is 1. The Morgan fingerprint density at radius 1 is 0.885 bits per heavy atom. The zero-order valence-electron chi connectivity index (χ0n) is 15.6. The molecule has 130 valence electrons. The van der Waals surface area contributed by atoms with Gasteiger partial charge in [-0.1, -0.05) is 66.2 Å². The highest BCUT2D eigenvalue weighted by Gasteiger charge is 2.31. The van der Waals surface area contributed by atoms with Crippen molar-refractivity contribution in [2.75, 3.05) is 0 Å². The Bertz CT molecular complexity index is 1030. The van der Waals surface area contributed by atoms with Gasteiger partial charge in [0.2, 0.25) is 0 Å². The first-order chi connectivity index (χ1) is 12.8. The van der Waals surface area contributed by atoms with Crippen molar-refractivity contribution in [1.82, 2.24) is 0 Å². The van der Waals surface area contributed by atoms with Crippen molar-refractivity contribution in [1.29, 1.82) is 0 Å². The second-order valence-electron chi connectivity index (χ2n) is 8.07. The van der Waals surface area contributed by atoms with E-state index in [1.807, 2.05) is 0 Å². The van der Waals surface area contributed by atoms with E-state index in [9.17, 15) is 0 Å². The van der Waals surface area contributed by atoms with Gasteiger partial charge in [-0.15, -0.1) is 0 Å². The molecule has 0 heteroatoms. The number of hydrogen-bond donors (Lipinski definition) is 0. The van der Waals surface area contributed by atoms with Crippen molar-refractivity contribution in [2.45, 2.75) is 45.4 Å². The SMILES string of the molecule is Cc1ccc(CC2CC3=c4ccccc4=CCC3=C3CCCC=C32)cc1. The second-order valence-corrected chi connectivity index (χ2v) is 8.07. The van der Waals surface area contributed by atoms with Gasteiger partial charge in [-0.25, -0.2) is 0 Å². The lowest BCUT2D eigenvalue weighted by Crippen LogP contribution is -2.33. The molecule has 0 spiro atoms. The molecule has 0 amide bonds. The monoisotopic (exact) mass is 338 g/mol. The van der Waals surface area contributed by atoms with Crippen molar-refractivity contribution in [3.63, 3.8) is 0 Å². The minimum Gasteiger partial charge on any atom is -0.0807 e. The first-order valence-corrected chi connectivity index (χ1v) is 10.1. The molecular weight excluding hydrogens is 312 g/mol. The lowest BCUT2D eigenvalue weighted by molar-refractivity contribution is 0.587. The molecule has 0 heterocycles. The lowest BCUT2D eigenvalue weighted by Gasteiger charge is -2.36. The highest BCUT2D eigenvalue weighted by molar-refractivity contribution is 5.75. The third kappa shape index (κ3) is 2.69. The molecule has 3 aliphatic carbocycles. The molecule has 0 nitrogen and oxygen atoms in total. The molecule has 2 aromatic rings. The van der Waals surface area contributed by atoms with E-state index in [1.165, 1.54) is 47.2 Å². The van der Waals surface area contributed by atoms with Crippen LogP contribution in [0, 0.1) is 12.8 Å². The van der Waals surface area contributed by atoms with Crippen LogP contribution in [-0.4, -0.2) is 0 Å². The molecule has 0 aliphatic heterocycles. The van der Waals surface area contributed by atoms with E-state index in [0.717, 1.165) is 12.8 Å². The quantitative estimate of drug-likeness (QED) is 0.723. The minimum absolute atomic E-state index is 0.637. The summed E-state index contributed by atoms with van der Waals surface area (Å²) in [5.74, 6) is 0.637. The average Bonchev–Trinajstić information content (AvgIpc) is 2.70. The first-order valence-electron chi connectivity index (χ1n) is 10.1. The predicted molar refractivity (Wildman–Crippen MR) is 110 cm³/mol. The third-order valence-electron chi connectivity index (χ3n) is 6.38. The van der Waals surface area contributed by atoms with Crippen LogP contribution in [0.4, 0.5) is 0 Å². The Kier molecular flexibility index (Phi) is 3.93. The van der Waals surface area contributed by atoms with Crippen LogP contribution < -0.4 is 10.4 Å². The summed E-state index contributed by atoms with van der Waals surface area (Å²) < 4.78 is 0. The summed E-state index contributed by atoms with van der Waals surface area (Å²) in [4.78, 5) is 0. The Balaban J connectivity index is 1.63. The molecule has 3 aliphatic rings. The van der Waals surface area contributed by atoms with E-state index in [0.29, 0.717) is 5.92 Å². The van der Waals surface area contributed by atoms with Gasteiger partial charge in [0, 0.05) is 0 Å². The Morgan fingerprint density at radius 3 is 2.62 bits per heavy atom. The fraction of sp³-hybridized carbons (Fsp3) is 0.308. The summed E-state index contributed by atoms with van der Waals surface area (Å²) in [6.07, 6.45) is 12.3. The number of hydrogen-bond acceptors (Lipinski definition) is 0. The van der Waals surface area contributed by atoms with E-state index < -0.39 is 0 Å². The summed E-state index contributed by atoms with van der Waals surface area (Å²) in [7, 11) is 0. The number of allylic oxidation sites excluding steroid dienone is 4. The van der Waals surface area contributed by atoms with Crippen LogP contribution in [0.25, 0.3) is 11.6 Å². The van der Waals surface area contributed by atoms with Crippen LogP contribution in [0.5, 0.6) is 0 Å². The maximum Gasteiger partial charge on any atom is -0.00810 e. The van der Waals surface area contributed by atoms with Crippen molar-refractivity contribution >= 4 is 11.6 Å². The fourth-order valence-corrected chi connectivity index (χ4v) is 5.08. The van der Waals surface area contributed by atoms with Gasteiger partial charge >= 0.3 is 0 Å². The van der Waals surface area contributed by atoms with E-state index in [-0.39, 0.29) is 0 Å². The van der Waals surface area contributed by atoms with Gasteiger partial charge in [0.1, 0.15) is 0 Å². The topological polar surface area (TPSA) is 0 Å². The van der Waals surface area contributed by atoms with E-state index in [1.54, 1.807) is 22.3 Å². The summed E-state index contributed by atoms with van der Waals surface area (Å²) in [5, 5.41) is 2.92. The van der Waals surface area contributed by atoms with Crippen LogP contribution in [0.3, 0.4) is 0 Å². The molecule has 5 rings (SSSR count). The first kappa shape index (κ1) is 15.9. The fourth-order valence-electron chi connectivity index (χ4n) is 5.08. The van der Waals surface area contributed by atoms with Gasteiger partial charge in [-0.2, -0.15) is 0 Å². The second kappa shape index (κ2) is 6.43. The average molecular weight is 338 g/mol. The maximum absolute atomic E-state index is 2.56. The standard InChI is InChI=1S/C26H26/c1-18-10-12-19(13-11-18)16-21-17-26-22-7-3-2-6-20(22)14-15-25(26)24-9-5-4-8-23(21)24/h2-3,6-8,10-14,21H,4-5,9,15-17H2,1H3. The summed E-state index contributed by atoms with van der Waals surface area (Å²) in [5.41, 5.74) is 9.46. The zero-order chi connectivity index (χ0) is 17.5. The van der Waals surface area contributed by atoms with Crippen LogP contribution in [0.2, 0.25) is 0 Å². The van der Waals surface area contributed by atoms with E-state index in [2.05, 4.69) is 67.6 Å². The summed E-state index contributed by atoms with van der Waals surface area (Å²) >= 11 is 0. The Labute approximate surface area is 156 Å². The highest BCUT2D eigenvalue weighted by Crippen LogP contribution is 2.45. The van der Waals surface area contributed by atoms with Crippen LogP contribution in [0.15, 0.2) is 71.3 Å². The number of rotatable bonds is 2. The molecule has 0 saturated heterocycles.